The highest BCUT2D eigenvalue weighted by molar-refractivity contribution is 5.42. The van der Waals surface area contributed by atoms with Gasteiger partial charge in [-0.2, -0.15) is 5.26 Å². The molecule has 4 aromatic rings. The van der Waals surface area contributed by atoms with Crippen LogP contribution in [0, 0.1) is 41.9 Å². The molecule has 0 bridgehead atoms. The van der Waals surface area contributed by atoms with Gasteiger partial charge in [0.15, 0.2) is 0 Å². The van der Waals surface area contributed by atoms with Crippen LogP contribution in [0.2, 0.25) is 0 Å². The van der Waals surface area contributed by atoms with Crippen molar-refractivity contribution >= 4 is 0 Å². The molecule has 2 heteroatoms. The van der Waals surface area contributed by atoms with Crippen molar-refractivity contribution in [1.82, 2.24) is 0 Å². The molecule has 0 heterocycles. The molecule has 0 aromatic heterocycles. The predicted octanol–water partition coefficient (Wildman–Crippen LogP) is 14.2. The van der Waals surface area contributed by atoms with Gasteiger partial charge in [0, 0.05) is 10.8 Å². The average molecular weight is 714 g/mol. The second-order valence-electron chi connectivity index (χ2n) is 17.6. The molecule has 0 saturated carbocycles. The zero-order valence-corrected chi connectivity index (χ0v) is 35.6. The number of aryl methyl sites for hydroxylation is 3. The van der Waals surface area contributed by atoms with E-state index in [1.54, 1.807) is 0 Å². The lowest BCUT2D eigenvalue weighted by Crippen LogP contribution is -2.37. The lowest BCUT2D eigenvalue weighted by atomic mass is 9.77. The molecule has 0 aliphatic carbocycles. The Morgan fingerprint density at radius 1 is 0.566 bits per heavy atom. The number of hydrogen-bond donors (Lipinski definition) is 0. The number of nitriles is 1. The summed E-state index contributed by atoms with van der Waals surface area (Å²) in [7, 11) is 0. The highest BCUT2D eigenvalue weighted by atomic mass is 16.5. The van der Waals surface area contributed by atoms with Crippen molar-refractivity contribution in [2.75, 3.05) is 0 Å². The van der Waals surface area contributed by atoms with Crippen molar-refractivity contribution in [2.45, 2.75) is 145 Å². The topological polar surface area (TPSA) is 33.0 Å². The highest BCUT2D eigenvalue weighted by Gasteiger charge is 2.32. The van der Waals surface area contributed by atoms with Crippen LogP contribution >= 0.6 is 0 Å². The molecule has 0 aliphatic heterocycles. The molecule has 2 nitrogen and oxygen atoms in total. The summed E-state index contributed by atoms with van der Waals surface area (Å²) in [5.74, 6) is 3.09. The van der Waals surface area contributed by atoms with Crippen molar-refractivity contribution in [3.8, 4) is 11.8 Å². The van der Waals surface area contributed by atoms with Gasteiger partial charge in [-0.05, 0) is 110 Å². The first-order valence-electron chi connectivity index (χ1n) is 20.4. The van der Waals surface area contributed by atoms with E-state index in [1.165, 1.54) is 58.2 Å². The lowest BCUT2D eigenvalue weighted by molar-refractivity contribution is 0.0640. The Morgan fingerprint density at radius 3 is 1.32 bits per heavy atom. The van der Waals surface area contributed by atoms with Gasteiger partial charge in [-0.25, -0.2) is 0 Å². The fraction of sp³-hybridized carbons (Fsp3) is 0.510. The minimum Gasteiger partial charge on any atom is -0.487 e. The van der Waals surface area contributed by atoms with Gasteiger partial charge in [0.25, 0.3) is 0 Å². The van der Waals surface area contributed by atoms with Crippen LogP contribution < -0.4 is 4.74 Å². The minimum atomic E-state index is -0.621. The molecule has 0 saturated heterocycles. The normalized spacial score (nSPS) is 13.8. The summed E-state index contributed by atoms with van der Waals surface area (Å²) < 4.78 is 6.49. The minimum absolute atomic E-state index is 0.0700. The van der Waals surface area contributed by atoms with E-state index >= 15 is 0 Å². The van der Waals surface area contributed by atoms with E-state index < -0.39 is 5.60 Å². The Bertz CT molecular complexity index is 1680. The molecule has 4 aromatic carbocycles. The number of ether oxygens (including phenoxy) is 1. The molecule has 0 spiro atoms. The first-order valence-corrected chi connectivity index (χ1v) is 20.4. The molecule has 3 atom stereocenters. The van der Waals surface area contributed by atoms with E-state index in [0.717, 1.165) is 42.8 Å². The third kappa shape index (κ3) is 12.4. The van der Waals surface area contributed by atoms with Crippen molar-refractivity contribution < 1.29 is 4.74 Å². The molecule has 0 fully saturated rings. The molecular formula is C51H71NO. The van der Waals surface area contributed by atoms with E-state index in [-0.39, 0.29) is 16.7 Å². The summed E-state index contributed by atoms with van der Waals surface area (Å²) in [5.41, 5.74) is 8.29. The Hall–Kier alpha value is -3.83. The summed E-state index contributed by atoms with van der Waals surface area (Å²) >= 11 is 0. The Balaban J connectivity index is 0.000000980. The van der Waals surface area contributed by atoms with E-state index in [1.807, 2.05) is 13.8 Å². The Kier molecular flexibility index (Phi) is 16.0. The molecule has 0 amide bonds. The molecule has 4 rings (SSSR count). The maximum Gasteiger partial charge on any atom is 0.120 e. The van der Waals surface area contributed by atoms with Crippen molar-refractivity contribution in [1.29, 1.82) is 5.26 Å². The van der Waals surface area contributed by atoms with E-state index in [0.29, 0.717) is 0 Å². The maximum absolute atomic E-state index is 10.2. The van der Waals surface area contributed by atoms with Crippen LogP contribution in [0.4, 0.5) is 0 Å². The van der Waals surface area contributed by atoms with E-state index in [2.05, 4.69) is 179 Å². The van der Waals surface area contributed by atoms with Gasteiger partial charge >= 0.3 is 0 Å². The fourth-order valence-corrected chi connectivity index (χ4v) is 6.76. The summed E-state index contributed by atoms with van der Waals surface area (Å²) in [6, 6.07) is 37.9. The summed E-state index contributed by atoms with van der Waals surface area (Å²) in [6.07, 6.45) is 6.51. The highest BCUT2D eigenvalue weighted by Crippen LogP contribution is 2.35. The standard InChI is InChI=1S/C44H55NO.C7H16/c1-10-32(2)11-14-34-15-22-38(23-16-34)43(6,7)39-27-29-41(30-28-39)46-44(8,9)40(31-45)26-19-35-17-24-37(25-18-35)42(4,5)36-20-12-33(3)13-21-36;1-5-7(4)6(2)3/h12-13,15-18,20-25,27-30,32,40H,10-11,14,19,26H2,1-9H3;6-7H,5H2,1-4H3. The van der Waals surface area contributed by atoms with Gasteiger partial charge in [-0.1, -0.05) is 173 Å². The molecule has 0 radical (unpaired) electrons. The first-order chi connectivity index (χ1) is 24.9. The van der Waals surface area contributed by atoms with Crippen LogP contribution in [0.25, 0.3) is 0 Å². The Morgan fingerprint density at radius 2 is 0.962 bits per heavy atom. The third-order valence-electron chi connectivity index (χ3n) is 12.2. The number of hydrogen-bond acceptors (Lipinski definition) is 2. The van der Waals surface area contributed by atoms with Gasteiger partial charge in [0.1, 0.15) is 11.4 Å². The number of rotatable bonds is 16. The monoisotopic (exact) mass is 714 g/mol. The zero-order valence-electron chi connectivity index (χ0n) is 35.6. The molecular weight excluding hydrogens is 643 g/mol. The molecule has 286 valence electrons. The van der Waals surface area contributed by atoms with Gasteiger partial charge in [-0.15, -0.1) is 0 Å². The van der Waals surface area contributed by atoms with Crippen LogP contribution in [0.15, 0.2) is 97.1 Å². The smallest absolute Gasteiger partial charge is 0.120 e. The van der Waals surface area contributed by atoms with Gasteiger partial charge in [-0.3, -0.25) is 0 Å². The predicted molar refractivity (Wildman–Crippen MR) is 229 cm³/mol. The molecule has 0 N–H and O–H groups in total. The maximum atomic E-state index is 10.2. The largest absolute Gasteiger partial charge is 0.487 e. The van der Waals surface area contributed by atoms with Crippen LogP contribution in [-0.4, -0.2) is 5.60 Å². The quantitative estimate of drug-likeness (QED) is 0.116. The lowest BCUT2D eigenvalue weighted by Gasteiger charge is -2.32. The number of nitrogens with zero attached hydrogens (tertiary/aromatic N) is 1. The molecule has 53 heavy (non-hydrogen) atoms. The van der Waals surface area contributed by atoms with Gasteiger partial charge in [0.2, 0.25) is 0 Å². The fourth-order valence-electron chi connectivity index (χ4n) is 6.76. The second kappa shape index (κ2) is 19.5. The second-order valence-corrected chi connectivity index (χ2v) is 17.6. The Labute approximate surface area is 325 Å². The van der Waals surface area contributed by atoms with Crippen LogP contribution in [0.1, 0.15) is 148 Å². The summed E-state index contributed by atoms with van der Waals surface area (Å²) in [5, 5.41) is 10.2. The molecule has 3 unspecified atom stereocenters. The van der Waals surface area contributed by atoms with Gasteiger partial charge < -0.3 is 4.74 Å². The molecule has 0 aliphatic rings. The van der Waals surface area contributed by atoms with Crippen LogP contribution in [0.3, 0.4) is 0 Å². The van der Waals surface area contributed by atoms with Crippen LogP contribution in [0.5, 0.6) is 5.75 Å². The van der Waals surface area contributed by atoms with Crippen LogP contribution in [-0.2, 0) is 23.7 Å². The van der Waals surface area contributed by atoms with E-state index in [4.69, 9.17) is 4.74 Å². The average Bonchev–Trinajstić information content (AvgIpc) is 3.14. The number of benzene rings is 4. The summed E-state index contributed by atoms with van der Waals surface area (Å²) in [6.45, 7) is 29.0. The van der Waals surface area contributed by atoms with Crippen molar-refractivity contribution in [3.05, 3.63) is 136 Å². The first kappa shape index (κ1) is 43.6. The zero-order chi connectivity index (χ0) is 39.4. The van der Waals surface area contributed by atoms with Crippen molar-refractivity contribution in [2.24, 2.45) is 23.7 Å². The van der Waals surface area contributed by atoms with Gasteiger partial charge in [0.05, 0.1) is 12.0 Å². The van der Waals surface area contributed by atoms with E-state index in [9.17, 15) is 5.26 Å². The summed E-state index contributed by atoms with van der Waals surface area (Å²) in [4.78, 5) is 0. The van der Waals surface area contributed by atoms with Crippen molar-refractivity contribution in [3.63, 3.8) is 0 Å². The SMILES string of the molecule is CCC(C)C(C)C.CCC(C)CCc1ccc(C(C)(C)c2ccc(OC(C)(C)C(C#N)CCc3ccc(C(C)(C)c4ccc(C)cc4)cc3)cc2)cc1. The third-order valence-corrected chi connectivity index (χ3v) is 12.2.